The normalized spacial score (nSPS) is 12.5. The summed E-state index contributed by atoms with van der Waals surface area (Å²) in [4.78, 5) is 12.5. The predicted octanol–water partition coefficient (Wildman–Crippen LogP) is 3.54. The van der Waals surface area contributed by atoms with Gasteiger partial charge in [-0.25, -0.2) is 0 Å². The second-order valence-electron chi connectivity index (χ2n) is 6.27. The molecule has 1 amide bonds. The third-order valence-electron chi connectivity index (χ3n) is 4.43. The van der Waals surface area contributed by atoms with Crippen LogP contribution in [0, 0.1) is 19.3 Å². The van der Waals surface area contributed by atoms with Gasteiger partial charge in [0.25, 0.3) is 0 Å². The van der Waals surface area contributed by atoms with Gasteiger partial charge in [-0.3, -0.25) is 4.79 Å². The molecule has 0 aliphatic rings. The first-order chi connectivity index (χ1) is 9.86. The highest BCUT2D eigenvalue weighted by molar-refractivity contribution is 5.85. The van der Waals surface area contributed by atoms with E-state index in [0.29, 0.717) is 6.54 Å². The van der Waals surface area contributed by atoms with Gasteiger partial charge in [0.05, 0.1) is 5.41 Å². The molecule has 1 atom stereocenters. The molecular weight excluding hydrogens is 296 g/mol. The van der Waals surface area contributed by atoms with Crippen molar-refractivity contribution in [3.63, 3.8) is 0 Å². The van der Waals surface area contributed by atoms with Gasteiger partial charge in [0, 0.05) is 12.6 Å². The molecule has 3 nitrogen and oxygen atoms in total. The fraction of sp³-hybridized carbons (Fsp3) is 0.611. The van der Waals surface area contributed by atoms with E-state index in [-0.39, 0.29) is 24.4 Å². The Kier molecular flexibility index (Phi) is 8.72. The van der Waals surface area contributed by atoms with E-state index in [1.165, 1.54) is 16.7 Å². The molecule has 1 aromatic rings. The Morgan fingerprint density at radius 3 is 2.09 bits per heavy atom. The van der Waals surface area contributed by atoms with Crippen LogP contribution in [0.25, 0.3) is 0 Å². The van der Waals surface area contributed by atoms with Crippen molar-refractivity contribution in [2.24, 2.45) is 11.1 Å². The molecule has 3 N–H and O–H groups in total. The van der Waals surface area contributed by atoms with Gasteiger partial charge in [0.15, 0.2) is 0 Å². The van der Waals surface area contributed by atoms with E-state index in [2.05, 4.69) is 44.3 Å². The van der Waals surface area contributed by atoms with Crippen LogP contribution in [-0.4, -0.2) is 18.5 Å². The number of benzene rings is 1. The third-order valence-corrected chi connectivity index (χ3v) is 4.43. The molecule has 0 aromatic heterocycles. The predicted molar refractivity (Wildman–Crippen MR) is 96.5 cm³/mol. The Labute approximate surface area is 141 Å². The summed E-state index contributed by atoms with van der Waals surface area (Å²) < 4.78 is 0. The lowest BCUT2D eigenvalue weighted by atomic mass is 9.81. The maximum absolute atomic E-state index is 12.5. The standard InChI is InChI=1S/C18H30N2O.ClH/c1-6-18(7-2,12-19)17(21)20-15(5)11-16-9-13(3)8-14(4)10-16;/h8-10,15H,6-7,11-12,19H2,1-5H3,(H,20,21);1H. The van der Waals surface area contributed by atoms with Crippen LogP contribution < -0.4 is 11.1 Å². The summed E-state index contributed by atoms with van der Waals surface area (Å²) in [5, 5.41) is 3.14. The minimum atomic E-state index is -0.420. The van der Waals surface area contributed by atoms with Crippen LogP contribution in [0.4, 0.5) is 0 Å². The zero-order valence-corrected chi connectivity index (χ0v) is 15.3. The number of nitrogens with two attached hydrogens (primary N) is 1. The zero-order chi connectivity index (χ0) is 16.0. The molecule has 1 rings (SSSR count). The van der Waals surface area contributed by atoms with Crippen molar-refractivity contribution in [1.29, 1.82) is 0 Å². The van der Waals surface area contributed by atoms with Crippen molar-refractivity contribution in [1.82, 2.24) is 5.32 Å². The summed E-state index contributed by atoms with van der Waals surface area (Å²) >= 11 is 0. The van der Waals surface area contributed by atoms with Gasteiger partial charge >= 0.3 is 0 Å². The Hall–Kier alpha value is -1.06. The minimum Gasteiger partial charge on any atom is -0.353 e. The smallest absolute Gasteiger partial charge is 0.227 e. The highest BCUT2D eigenvalue weighted by Gasteiger charge is 2.33. The molecule has 22 heavy (non-hydrogen) atoms. The average Bonchev–Trinajstić information content (AvgIpc) is 2.39. The van der Waals surface area contributed by atoms with E-state index in [1.807, 2.05) is 13.8 Å². The summed E-state index contributed by atoms with van der Waals surface area (Å²) in [6.45, 7) is 10.7. The van der Waals surface area contributed by atoms with E-state index < -0.39 is 5.41 Å². The first-order valence-corrected chi connectivity index (χ1v) is 7.95. The number of amides is 1. The van der Waals surface area contributed by atoms with Crippen molar-refractivity contribution in [3.8, 4) is 0 Å². The van der Waals surface area contributed by atoms with E-state index in [9.17, 15) is 4.79 Å². The highest BCUT2D eigenvalue weighted by Crippen LogP contribution is 2.25. The van der Waals surface area contributed by atoms with E-state index in [0.717, 1.165) is 19.3 Å². The molecule has 1 aromatic carbocycles. The fourth-order valence-electron chi connectivity index (χ4n) is 2.92. The molecular formula is C18H31ClN2O. The third kappa shape index (κ3) is 5.29. The quantitative estimate of drug-likeness (QED) is 0.805. The largest absolute Gasteiger partial charge is 0.353 e. The molecule has 0 aliphatic carbocycles. The number of carbonyl (C=O) groups is 1. The lowest BCUT2D eigenvalue weighted by Gasteiger charge is -2.30. The van der Waals surface area contributed by atoms with Crippen LogP contribution in [0.3, 0.4) is 0 Å². The summed E-state index contributed by atoms with van der Waals surface area (Å²) in [7, 11) is 0. The van der Waals surface area contributed by atoms with E-state index in [4.69, 9.17) is 5.73 Å². The monoisotopic (exact) mass is 326 g/mol. The average molecular weight is 327 g/mol. The maximum Gasteiger partial charge on any atom is 0.227 e. The van der Waals surface area contributed by atoms with Crippen LogP contribution >= 0.6 is 12.4 Å². The van der Waals surface area contributed by atoms with E-state index >= 15 is 0 Å². The summed E-state index contributed by atoms with van der Waals surface area (Å²) in [5.41, 5.74) is 9.22. The lowest BCUT2D eigenvalue weighted by molar-refractivity contribution is -0.131. The van der Waals surface area contributed by atoms with Gasteiger partial charge in [-0.1, -0.05) is 43.2 Å². The van der Waals surface area contributed by atoms with Gasteiger partial charge in [0.1, 0.15) is 0 Å². The van der Waals surface area contributed by atoms with Gasteiger partial charge in [0.2, 0.25) is 5.91 Å². The van der Waals surface area contributed by atoms with Crippen molar-refractivity contribution in [3.05, 3.63) is 34.9 Å². The van der Waals surface area contributed by atoms with Crippen LogP contribution in [0.15, 0.2) is 18.2 Å². The van der Waals surface area contributed by atoms with Gasteiger partial charge in [-0.05, 0) is 45.6 Å². The van der Waals surface area contributed by atoms with Crippen molar-refractivity contribution in [2.45, 2.75) is 59.9 Å². The van der Waals surface area contributed by atoms with Crippen molar-refractivity contribution < 1.29 is 4.79 Å². The first kappa shape index (κ1) is 20.9. The van der Waals surface area contributed by atoms with Crippen LogP contribution in [-0.2, 0) is 11.2 Å². The Bertz CT molecular complexity index is 455. The molecule has 0 heterocycles. The summed E-state index contributed by atoms with van der Waals surface area (Å²) in [6.07, 6.45) is 2.41. The number of hydrogen-bond acceptors (Lipinski definition) is 2. The van der Waals surface area contributed by atoms with Gasteiger partial charge in [-0.15, -0.1) is 12.4 Å². The molecule has 0 radical (unpaired) electrons. The van der Waals surface area contributed by atoms with Crippen LogP contribution in [0.1, 0.15) is 50.3 Å². The number of rotatable bonds is 7. The SMILES string of the molecule is CCC(CC)(CN)C(=O)NC(C)Cc1cc(C)cc(C)c1.Cl. The Balaban J connectivity index is 0.00000441. The second-order valence-corrected chi connectivity index (χ2v) is 6.27. The molecule has 0 saturated carbocycles. The van der Waals surface area contributed by atoms with Gasteiger partial charge < -0.3 is 11.1 Å². The fourth-order valence-corrected chi connectivity index (χ4v) is 2.92. The molecule has 0 saturated heterocycles. The number of halogens is 1. The molecule has 0 aliphatic heterocycles. The molecule has 0 bridgehead atoms. The molecule has 0 spiro atoms. The summed E-state index contributed by atoms with van der Waals surface area (Å²) in [5.74, 6) is 0.0897. The number of carbonyl (C=O) groups excluding carboxylic acids is 1. The Morgan fingerprint density at radius 1 is 1.18 bits per heavy atom. The topological polar surface area (TPSA) is 55.1 Å². The van der Waals surface area contributed by atoms with Crippen molar-refractivity contribution in [2.75, 3.05) is 6.54 Å². The first-order valence-electron chi connectivity index (χ1n) is 7.95. The molecule has 126 valence electrons. The lowest BCUT2D eigenvalue weighted by Crippen LogP contribution is -2.48. The number of aryl methyl sites for hydroxylation is 2. The van der Waals surface area contributed by atoms with Crippen molar-refractivity contribution >= 4 is 18.3 Å². The number of hydrogen-bond donors (Lipinski definition) is 2. The zero-order valence-electron chi connectivity index (χ0n) is 14.5. The highest BCUT2D eigenvalue weighted by atomic mass is 35.5. The van der Waals surface area contributed by atoms with Crippen LogP contribution in [0.5, 0.6) is 0 Å². The summed E-state index contributed by atoms with van der Waals surface area (Å²) in [6, 6.07) is 6.65. The van der Waals surface area contributed by atoms with E-state index in [1.54, 1.807) is 0 Å². The number of nitrogens with one attached hydrogen (secondary N) is 1. The molecule has 0 fully saturated rings. The van der Waals surface area contributed by atoms with Crippen LogP contribution in [0.2, 0.25) is 0 Å². The molecule has 1 unspecified atom stereocenters. The second kappa shape index (κ2) is 9.16. The maximum atomic E-state index is 12.5. The Morgan fingerprint density at radius 2 is 1.68 bits per heavy atom. The molecule has 4 heteroatoms. The minimum absolute atomic E-state index is 0. The van der Waals surface area contributed by atoms with Gasteiger partial charge in [-0.2, -0.15) is 0 Å².